The van der Waals surface area contributed by atoms with Gasteiger partial charge in [0.1, 0.15) is 11.6 Å². The second-order valence-electron chi connectivity index (χ2n) is 4.83. The first-order chi connectivity index (χ1) is 10.1. The Kier molecular flexibility index (Phi) is 4.53. The summed E-state index contributed by atoms with van der Waals surface area (Å²) in [6.07, 6.45) is 1.58. The van der Waals surface area contributed by atoms with Crippen LogP contribution in [-0.2, 0) is 4.79 Å². The van der Waals surface area contributed by atoms with Crippen molar-refractivity contribution in [3.8, 4) is 6.07 Å². The molecule has 2 rings (SSSR count). The second kappa shape index (κ2) is 6.53. The third kappa shape index (κ3) is 3.80. The number of carbonyl (C=O) groups excluding carboxylic acids is 1. The molecule has 0 aliphatic heterocycles. The lowest BCUT2D eigenvalue weighted by molar-refractivity contribution is -0.112. The van der Waals surface area contributed by atoms with Crippen molar-refractivity contribution in [3.05, 3.63) is 70.8 Å². The molecule has 0 aliphatic carbocycles. The number of aryl methyl sites for hydroxylation is 2. The van der Waals surface area contributed by atoms with E-state index in [9.17, 15) is 4.79 Å². The van der Waals surface area contributed by atoms with Crippen molar-refractivity contribution in [2.45, 2.75) is 13.8 Å². The third-order valence-corrected chi connectivity index (χ3v) is 3.24. The lowest BCUT2D eigenvalue weighted by Crippen LogP contribution is -2.13. The van der Waals surface area contributed by atoms with Gasteiger partial charge in [-0.05, 0) is 48.7 Å². The van der Waals surface area contributed by atoms with E-state index >= 15 is 0 Å². The van der Waals surface area contributed by atoms with Gasteiger partial charge in [-0.1, -0.05) is 36.4 Å². The van der Waals surface area contributed by atoms with Gasteiger partial charge in [0, 0.05) is 5.69 Å². The molecule has 0 atom stereocenters. The summed E-state index contributed by atoms with van der Waals surface area (Å²) in [5.74, 6) is -0.399. The summed E-state index contributed by atoms with van der Waals surface area (Å²) in [4.78, 5) is 12.1. The standard InChI is InChI=1S/C18H16N2O/c1-13-8-9-17(10-14(13)2)20-18(21)16(12-19)11-15-6-4-3-5-7-15/h3-11H,1-2H3,(H,20,21). The molecular formula is C18H16N2O. The van der Waals surface area contributed by atoms with Gasteiger partial charge in [0.2, 0.25) is 0 Å². The zero-order valence-corrected chi connectivity index (χ0v) is 12.1. The maximum absolute atomic E-state index is 12.1. The van der Waals surface area contributed by atoms with Crippen LogP contribution >= 0.6 is 0 Å². The van der Waals surface area contributed by atoms with Crippen LogP contribution in [0.1, 0.15) is 16.7 Å². The molecule has 0 aromatic heterocycles. The fraction of sp³-hybridized carbons (Fsp3) is 0.111. The molecule has 0 spiro atoms. The van der Waals surface area contributed by atoms with E-state index in [1.807, 2.05) is 68.4 Å². The summed E-state index contributed by atoms with van der Waals surface area (Å²) in [5, 5.41) is 11.9. The van der Waals surface area contributed by atoms with Crippen LogP contribution < -0.4 is 5.32 Å². The Balaban J connectivity index is 2.20. The Labute approximate surface area is 124 Å². The van der Waals surface area contributed by atoms with Gasteiger partial charge in [-0.3, -0.25) is 4.79 Å². The van der Waals surface area contributed by atoms with E-state index in [1.54, 1.807) is 6.08 Å². The molecule has 0 radical (unpaired) electrons. The molecule has 0 saturated heterocycles. The van der Waals surface area contributed by atoms with Crippen molar-refractivity contribution in [2.75, 3.05) is 5.32 Å². The molecule has 1 amide bonds. The number of nitrogens with zero attached hydrogens (tertiary/aromatic N) is 1. The normalized spacial score (nSPS) is 10.8. The summed E-state index contributed by atoms with van der Waals surface area (Å²) in [5.41, 5.74) is 3.85. The van der Waals surface area contributed by atoms with Gasteiger partial charge in [-0.25, -0.2) is 0 Å². The predicted molar refractivity (Wildman–Crippen MR) is 84.6 cm³/mol. The summed E-state index contributed by atoms with van der Waals surface area (Å²) in [7, 11) is 0. The van der Waals surface area contributed by atoms with Gasteiger partial charge < -0.3 is 5.32 Å². The number of rotatable bonds is 3. The quantitative estimate of drug-likeness (QED) is 0.684. The van der Waals surface area contributed by atoms with Crippen LogP contribution in [0.4, 0.5) is 5.69 Å². The Hall–Kier alpha value is -2.86. The zero-order valence-electron chi connectivity index (χ0n) is 12.1. The van der Waals surface area contributed by atoms with Crippen LogP contribution in [0.25, 0.3) is 6.08 Å². The highest BCUT2D eigenvalue weighted by Gasteiger charge is 2.09. The molecule has 2 aromatic carbocycles. The molecule has 0 heterocycles. The molecule has 0 fully saturated rings. The number of carbonyl (C=O) groups is 1. The topological polar surface area (TPSA) is 52.9 Å². The lowest BCUT2D eigenvalue weighted by Gasteiger charge is -2.07. The average Bonchev–Trinajstić information content (AvgIpc) is 2.49. The monoisotopic (exact) mass is 276 g/mol. The number of anilines is 1. The molecule has 2 aromatic rings. The van der Waals surface area contributed by atoms with E-state index in [0.29, 0.717) is 5.69 Å². The number of hydrogen-bond acceptors (Lipinski definition) is 2. The maximum atomic E-state index is 12.1. The van der Waals surface area contributed by atoms with Crippen LogP contribution in [0.3, 0.4) is 0 Å². The minimum atomic E-state index is -0.399. The maximum Gasteiger partial charge on any atom is 0.266 e. The first-order valence-electron chi connectivity index (χ1n) is 6.65. The smallest absolute Gasteiger partial charge is 0.266 e. The lowest BCUT2D eigenvalue weighted by atomic mass is 10.1. The van der Waals surface area contributed by atoms with Crippen molar-refractivity contribution in [1.29, 1.82) is 5.26 Å². The Bertz CT molecular complexity index is 725. The second-order valence-corrected chi connectivity index (χ2v) is 4.83. The van der Waals surface area contributed by atoms with Gasteiger partial charge in [-0.15, -0.1) is 0 Å². The van der Waals surface area contributed by atoms with Crippen molar-refractivity contribution in [3.63, 3.8) is 0 Å². The number of amides is 1. The van der Waals surface area contributed by atoms with E-state index in [4.69, 9.17) is 5.26 Å². The number of benzene rings is 2. The van der Waals surface area contributed by atoms with Crippen LogP contribution in [-0.4, -0.2) is 5.91 Å². The third-order valence-electron chi connectivity index (χ3n) is 3.24. The highest BCUT2D eigenvalue weighted by Crippen LogP contribution is 2.15. The summed E-state index contributed by atoms with van der Waals surface area (Å²) in [6, 6.07) is 16.9. The summed E-state index contributed by atoms with van der Waals surface area (Å²) in [6.45, 7) is 3.99. The number of nitriles is 1. The highest BCUT2D eigenvalue weighted by atomic mass is 16.1. The highest BCUT2D eigenvalue weighted by molar-refractivity contribution is 6.09. The van der Waals surface area contributed by atoms with Crippen molar-refractivity contribution < 1.29 is 4.79 Å². The molecule has 21 heavy (non-hydrogen) atoms. The van der Waals surface area contributed by atoms with E-state index < -0.39 is 5.91 Å². The van der Waals surface area contributed by atoms with E-state index in [0.717, 1.165) is 16.7 Å². The Morgan fingerprint density at radius 1 is 1.10 bits per heavy atom. The minimum Gasteiger partial charge on any atom is -0.321 e. The van der Waals surface area contributed by atoms with Crippen molar-refractivity contribution >= 4 is 17.7 Å². The van der Waals surface area contributed by atoms with Crippen molar-refractivity contribution in [2.24, 2.45) is 0 Å². The largest absolute Gasteiger partial charge is 0.321 e. The van der Waals surface area contributed by atoms with Gasteiger partial charge in [0.15, 0.2) is 0 Å². The fourth-order valence-corrected chi connectivity index (χ4v) is 1.88. The Morgan fingerprint density at radius 3 is 2.43 bits per heavy atom. The first-order valence-corrected chi connectivity index (χ1v) is 6.65. The van der Waals surface area contributed by atoms with Crippen LogP contribution in [0.2, 0.25) is 0 Å². The average molecular weight is 276 g/mol. The van der Waals surface area contributed by atoms with E-state index in [-0.39, 0.29) is 5.57 Å². The molecule has 104 valence electrons. The fourth-order valence-electron chi connectivity index (χ4n) is 1.88. The number of nitrogens with one attached hydrogen (secondary N) is 1. The van der Waals surface area contributed by atoms with E-state index in [1.165, 1.54) is 0 Å². The van der Waals surface area contributed by atoms with Crippen LogP contribution in [0.5, 0.6) is 0 Å². The first kappa shape index (κ1) is 14.5. The summed E-state index contributed by atoms with van der Waals surface area (Å²) >= 11 is 0. The molecular weight excluding hydrogens is 260 g/mol. The van der Waals surface area contributed by atoms with Crippen LogP contribution in [0, 0.1) is 25.2 Å². The van der Waals surface area contributed by atoms with Crippen molar-refractivity contribution in [1.82, 2.24) is 0 Å². The number of hydrogen-bond donors (Lipinski definition) is 1. The molecule has 0 saturated carbocycles. The minimum absolute atomic E-state index is 0.0828. The molecule has 1 N–H and O–H groups in total. The Morgan fingerprint density at radius 2 is 1.81 bits per heavy atom. The molecule has 0 aliphatic rings. The van der Waals surface area contributed by atoms with Gasteiger partial charge in [-0.2, -0.15) is 5.26 Å². The SMILES string of the molecule is Cc1ccc(NC(=O)C(C#N)=Cc2ccccc2)cc1C. The zero-order chi connectivity index (χ0) is 15.2. The van der Waals surface area contributed by atoms with Gasteiger partial charge >= 0.3 is 0 Å². The van der Waals surface area contributed by atoms with Crippen LogP contribution in [0.15, 0.2) is 54.1 Å². The van der Waals surface area contributed by atoms with E-state index in [2.05, 4.69) is 5.32 Å². The molecule has 3 nitrogen and oxygen atoms in total. The van der Waals surface area contributed by atoms with Gasteiger partial charge in [0.05, 0.1) is 0 Å². The predicted octanol–water partition coefficient (Wildman–Crippen LogP) is 3.85. The summed E-state index contributed by atoms with van der Waals surface area (Å²) < 4.78 is 0. The molecule has 0 bridgehead atoms. The molecule has 3 heteroatoms. The van der Waals surface area contributed by atoms with Gasteiger partial charge in [0.25, 0.3) is 5.91 Å². The molecule has 0 unspecified atom stereocenters.